The fourth-order valence-electron chi connectivity index (χ4n) is 1.83. The van der Waals surface area contributed by atoms with E-state index in [1.165, 1.54) is 50.6 Å². The number of sulfonamides is 1. The first-order chi connectivity index (χ1) is 10.9. The van der Waals surface area contributed by atoms with E-state index in [1.807, 2.05) is 0 Å². The normalized spacial score (nSPS) is 10.9. The number of ether oxygens (including phenoxy) is 2. The van der Waals surface area contributed by atoms with Crippen LogP contribution >= 0.6 is 11.6 Å². The number of benzene rings is 2. The predicted octanol–water partition coefficient (Wildman–Crippen LogP) is 2.94. The smallest absolute Gasteiger partial charge is 0.337 e. The van der Waals surface area contributed by atoms with E-state index < -0.39 is 16.0 Å². The molecule has 1 N–H and O–H groups in total. The van der Waals surface area contributed by atoms with Crippen LogP contribution in [-0.4, -0.2) is 28.6 Å². The Hall–Kier alpha value is -2.25. The maximum atomic E-state index is 12.3. The fraction of sp³-hybridized carbons (Fsp3) is 0.133. The first kappa shape index (κ1) is 17.1. The molecule has 0 heterocycles. The molecule has 0 aliphatic rings. The number of hydrogen-bond donors (Lipinski definition) is 1. The highest BCUT2D eigenvalue weighted by atomic mass is 35.5. The molecule has 0 saturated heterocycles. The summed E-state index contributed by atoms with van der Waals surface area (Å²) in [6.45, 7) is 0. The van der Waals surface area contributed by atoms with E-state index in [-0.39, 0.29) is 15.5 Å². The minimum absolute atomic E-state index is 0.0112. The molecule has 122 valence electrons. The Kier molecular flexibility index (Phi) is 5.12. The molecule has 0 aromatic heterocycles. The van der Waals surface area contributed by atoms with E-state index in [4.69, 9.17) is 16.3 Å². The topological polar surface area (TPSA) is 81.7 Å². The standard InChI is InChI=1S/C15H14ClNO5S/c1-21-14-8-5-11(9-13(14)16)17-23(19,20)12-6-3-10(4-7-12)15(18)22-2/h3-9,17H,1-2H3. The van der Waals surface area contributed by atoms with E-state index in [9.17, 15) is 13.2 Å². The highest BCUT2D eigenvalue weighted by Crippen LogP contribution is 2.28. The summed E-state index contributed by atoms with van der Waals surface area (Å²) in [6, 6.07) is 9.93. The first-order valence-electron chi connectivity index (χ1n) is 6.42. The Morgan fingerprint density at radius 2 is 1.74 bits per heavy atom. The molecule has 2 aromatic carbocycles. The van der Waals surface area contributed by atoms with E-state index in [0.29, 0.717) is 11.4 Å². The van der Waals surface area contributed by atoms with Gasteiger partial charge in [0.05, 0.1) is 35.4 Å². The molecule has 0 aliphatic carbocycles. The molecule has 0 fully saturated rings. The summed E-state index contributed by atoms with van der Waals surface area (Å²) in [7, 11) is -1.08. The summed E-state index contributed by atoms with van der Waals surface area (Å²) < 4.78 is 36.6. The summed E-state index contributed by atoms with van der Waals surface area (Å²) in [5.74, 6) is -0.0964. The molecule has 0 saturated carbocycles. The van der Waals surface area contributed by atoms with Crippen molar-refractivity contribution in [1.29, 1.82) is 0 Å². The zero-order valence-corrected chi connectivity index (χ0v) is 13.9. The minimum atomic E-state index is -3.80. The van der Waals surface area contributed by atoms with Gasteiger partial charge in [0.25, 0.3) is 10.0 Å². The second-order valence-electron chi connectivity index (χ2n) is 4.47. The lowest BCUT2D eigenvalue weighted by atomic mass is 10.2. The van der Waals surface area contributed by atoms with Gasteiger partial charge in [0, 0.05) is 0 Å². The van der Waals surface area contributed by atoms with E-state index >= 15 is 0 Å². The summed E-state index contributed by atoms with van der Waals surface area (Å²) in [5.41, 5.74) is 0.562. The molecule has 0 bridgehead atoms. The predicted molar refractivity (Wildman–Crippen MR) is 86.6 cm³/mol. The Balaban J connectivity index is 2.25. The monoisotopic (exact) mass is 355 g/mol. The second-order valence-corrected chi connectivity index (χ2v) is 6.56. The number of nitrogens with one attached hydrogen (secondary N) is 1. The van der Waals surface area contributed by atoms with Gasteiger partial charge < -0.3 is 9.47 Å². The lowest BCUT2D eigenvalue weighted by Gasteiger charge is -2.10. The molecule has 8 heteroatoms. The van der Waals surface area contributed by atoms with Gasteiger partial charge in [0.1, 0.15) is 5.75 Å². The minimum Gasteiger partial charge on any atom is -0.495 e. The number of hydrogen-bond acceptors (Lipinski definition) is 5. The number of rotatable bonds is 5. The van der Waals surface area contributed by atoms with Gasteiger partial charge in [-0.2, -0.15) is 0 Å². The Morgan fingerprint density at radius 1 is 1.09 bits per heavy atom. The number of carbonyl (C=O) groups is 1. The van der Waals surface area contributed by atoms with Crippen LogP contribution in [0.15, 0.2) is 47.4 Å². The second kappa shape index (κ2) is 6.89. The maximum absolute atomic E-state index is 12.3. The zero-order valence-electron chi connectivity index (χ0n) is 12.4. The third kappa shape index (κ3) is 3.94. The molecule has 6 nitrogen and oxygen atoms in total. The largest absolute Gasteiger partial charge is 0.495 e. The molecule has 0 atom stereocenters. The summed E-state index contributed by atoms with van der Waals surface area (Å²) in [4.78, 5) is 11.4. The van der Waals surface area contributed by atoms with Crippen LogP contribution < -0.4 is 9.46 Å². The Labute approximate surface area is 139 Å². The average molecular weight is 356 g/mol. The highest BCUT2D eigenvalue weighted by molar-refractivity contribution is 7.92. The molecule has 0 unspecified atom stereocenters. The number of halogens is 1. The molecule has 0 aliphatic heterocycles. The van der Waals surface area contributed by atoms with Crippen molar-refractivity contribution < 1.29 is 22.7 Å². The van der Waals surface area contributed by atoms with Crippen LogP contribution in [0.3, 0.4) is 0 Å². The van der Waals surface area contributed by atoms with Gasteiger partial charge in [0.15, 0.2) is 0 Å². The molecule has 2 rings (SSSR count). The van der Waals surface area contributed by atoms with Crippen LogP contribution in [0.1, 0.15) is 10.4 Å². The van der Waals surface area contributed by atoms with Crippen LogP contribution in [0.25, 0.3) is 0 Å². The fourth-order valence-corrected chi connectivity index (χ4v) is 3.14. The van der Waals surface area contributed by atoms with E-state index in [1.54, 1.807) is 6.07 Å². The van der Waals surface area contributed by atoms with E-state index in [2.05, 4.69) is 9.46 Å². The van der Waals surface area contributed by atoms with Crippen LogP contribution in [0.4, 0.5) is 5.69 Å². The van der Waals surface area contributed by atoms with Gasteiger partial charge in [-0.3, -0.25) is 4.72 Å². The van der Waals surface area contributed by atoms with Gasteiger partial charge in [-0.15, -0.1) is 0 Å². The molecule has 23 heavy (non-hydrogen) atoms. The van der Waals surface area contributed by atoms with Gasteiger partial charge in [-0.1, -0.05) is 11.6 Å². The van der Waals surface area contributed by atoms with Gasteiger partial charge in [-0.05, 0) is 42.5 Å². The average Bonchev–Trinajstić information content (AvgIpc) is 2.54. The molecule has 2 aromatic rings. The lowest BCUT2D eigenvalue weighted by molar-refractivity contribution is 0.0600. The third-order valence-corrected chi connectivity index (χ3v) is 4.68. The summed E-state index contributed by atoms with van der Waals surface area (Å²) in [5, 5.41) is 0.286. The van der Waals surface area contributed by atoms with Crippen molar-refractivity contribution in [1.82, 2.24) is 0 Å². The van der Waals surface area contributed by atoms with Crippen LogP contribution in [0, 0.1) is 0 Å². The van der Waals surface area contributed by atoms with Crippen molar-refractivity contribution in [3.63, 3.8) is 0 Å². The lowest BCUT2D eigenvalue weighted by Crippen LogP contribution is -2.13. The number of esters is 1. The maximum Gasteiger partial charge on any atom is 0.337 e. The number of methoxy groups -OCH3 is 2. The molecule has 0 spiro atoms. The molecule has 0 radical (unpaired) electrons. The highest BCUT2D eigenvalue weighted by Gasteiger charge is 2.16. The number of anilines is 1. The van der Waals surface area contributed by atoms with Crippen LogP contribution in [0.2, 0.25) is 5.02 Å². The summed E-state index contributed by atoms with van der Waals surface area (Å²) >= 11 is 5.96. The quantitative estimate of drug-likeness (QED) is 0.834. The van der Waals surface area contributed by atoms with E-state index in [0.717, 1.165) is 0 Å². The Bertz CT molecular complexity index is 818. The van der Waals surface area contributed by atoms with Crippen molar-refractivity contribution >= 4 is 33.3 Å². The number of carbonyl (C=O) groups excluding carboxylic acids is 1. The van der Waals surface area contributed by atoms with Crippen molar-refractivity contribution in [2.75, 3.05) is 18.9 Å². The molecular formula is C15H14ClNO5S. The van der Waals surface area contributed by atoms with Gasteiger partial charge in [0.2, 0.25) is 0 Å². The van der Waals surface area contributed by atoms with Crippen LogP contribution in [-0.2, 0) is 14.8 Å². The Morgan fingerprint density at radius 3 is 2.26 bits per heavy atom. The molecule has 0 amide bonds. The van der Waals surface area contributed by atoms with Crippen LogP contribution in [0.5, 0.6) is 5.75 Å². The third-order valence-electron chi connectivity index (χ3n) is 2.99. The van der Waals surface area contributed by atoms with Crippen molar-refractivity contribution in [3.8, 4) is 5.75 Å². The molecular weight excluding hydrogens is 342 g/mol. The van der Waals surface area contributed by atoms with Gasteiger partial charge in [-0.25, -0.2) is 13.2 Å². The van der Waals surface area contributed by atoms with Gasteiger partial charge >= 0.3 is 5.97 Å². The van der Waals surface area contributed by atoms with Crippen molar-refractivity contribution in [2.45, 2.75) is 4.90 Å². The first-order valence-corrected chi connectivity index (χ1v) is 8.28. The zero-order chi connectivity index (χ0) is 17.0. The van der Waals surface area contributed by atoms with Crippen molar-refractivity contribution in [2.24, 2.45) is 0 Å². The SMILES string of the molecule is COC(=O)c1ccc(S(=O)(=O)Nc2ccc(OC)c(Cl)c2)cc1. The van der Waals surface area contributed by atoms with Crippen molar-refractivity contribution in [3.05, 3.63) is 53.1 Å². The summed E-state index contributed by atoms with van der Waals surface area (Å²) in [6.07, 6.45) is 0.